The third kappa shape index (κ3) is 5.65. The summed E-state index contributed by atoms with van der Waals surface area (Å²) in [5.41, 5.74) is 5.60. The van der Waals surface area contributed by atoms with Crippen LogP contribution in [-0.2, 0) is 0 Å². The van der Waals surface area contributed by atoms with Gasteiger partial charge >= 0.3 is 0 Å². The van der Waals surface area contributed by atoms with Crippen molar-refractivity contribution < 1.29 is 9.53 Å². The van der Waals surface area contributed by atoms with Crippen LogP contribution in [0.3, 0.4) is 0 Å². The fourth-order valence-corrected chi connectivity index (χ4v) is 4.65. The van der Waals surface area contributed by atoms with Crippen LogP contribution in [0.5, 0.6) is 11.5 Å². The molecule has 0 aliphatic heterocycles. The van der Waals surface area contributed by atoms with E-state index in [4.69, 9.17) is 16.0 Å². The van der Waals surface area contributed by atoms with Crippen LogP contribution in [0.25, 0.3) is 11.1 Å². The number of halogens is 1. The molecule has 0 amide bonds. The van der Waals surface area contributed by atoms with Gasteiger partial charge in [-0.2, -0.15) is 0 Å². The maximum absolute atomic E-state index is 9.83. The molecule has 0 heterocycles. The molecule has 0 saturated heterocycles. The van der Waals surface area contributed by atoms with Gasteiger partial charge in [0.1, 0.15) is 11.5 Å². The number of phenols is 1. The normalized spacial score (nSPS) is 12.9. The molecule has 0 spiro atoms. The quantitative estimate of drug-likeness (QED) is 0.216. The van der Waals surface area contributed by atoms with Gasteiger partial charge in [-0.3, -0.25) is 0 Å². The van der Waals surface area contributed by atoms with Gasteiger partial charge in [0, 0.05) is 5.88 Å². The van der Waals surface area contributed by atoms with Crippen molar-refractivity contribution in [1.82, 2.24) is 0 Å². The monoisotopic (exact) mass is 464 g/mol. The number of allylic oxidation sites excluding steroid dienone is 1. The van der Waals surface area contributed by atoms with Crippen LogP contribution in [0.2, 0.25) is 18.1 Å². The van der Waals surface area contributed by atoms with Gasteiger partial charge in [0.25, 0.3) is 0 Å². The van der Waals surface area contributed by atoms with Gasteiger partial charge in [-0.15, -0.1) is 11.6 Å². The molecule has 0 aliphatic rings. The lowest BCUT2D eigenvalue weighted by Crippen LogP contribution is -2.43. The van der Waals surface area contributed by atoms with E-state index >= 15 is 0 Å². The zero-order valence-electron chi connectivity index (χ0n) is 19.7. The van der Waals surface area contributed by atoms with Crippen LogP contribution in [0, 0.1) is 0 Å². The molecule has 0 unspecified atom stereocenters. The van der Waals surface area contributed by atoms with E-state index in [1.165, 1.54) is 5.57 Å². The average Bonchev–Trinajstić information content (AvgIpc) is 2.75. The van der Waals surface area contributed by atoms with Crippen molar-refractivity contribution in [3.8, 4) is 11.5 Å². The molecule has 1 N–H and O–H groups in total. The number of hydrogen-bond acceptors (Lipinski definition) is 2. The first-order valence-corrected chi connectivity index (χ1v) is 14.5. The molecule has 0 aliphatic carbocycles. The summed E-state index contributed by atoms with van der Waals surface area (Å²) < 4.78 is 6.48. The van der Waals surface area contributed by atoms with Gasteiger partial charge in [-0.25, -0.2) is 0 Å². The third-order valence-corrected chi connectivity index (χ3v) is 10.8. The summed E-state index contributed by atoms with van der Waals surface area (Å²) >= 11 is 6.24. The Bertz CT molecular complexity index is 1050. The highest BCUT2D eigenvalue weighted by molar-refractivity contribution is 6.74. The van der Waals surface area contributed by atoms with Crippen LogP contribution < -0.4 is 4.43 Å². The summed E-state index contributed by atoms with van der Waals surface area (Å²) in [5.74, 6) is 1.69. The van der Waals surface area contributed by atoms with Crippen molar-refractivity contribution in [2.24, 2.45) is 0 Å². The van der Waals surface area contributed by atoms with E-state index in [1.807, 2.05) is 30.3 Å². The zero-order valence-corrected chi connectivity index (χ0v) is 21.4. The van der Waals surface area contributed by atoms with E-state index in [2.05, 4.69) is 70.3 Å². The van der Waals surface area contributed by atoms with E-state index in [0.717, 1.165) is 34.4 Å². The molecule has 0 radical (unpaired) electrons. The third-order valence-electron chi connectivity index (χ3n) is 6.25. The van der Waals surface area contributed by atoms with Gasteiger partial charge in [0.2, 0.25) is 8.32 Å². The molecule has 3 aromatic carbocycles. The van der Waals surface area contributed by atoms with E-state index in [0.29, 0.717) is 5.88 Å². The van der Waals surface area contributed by atoms with Crippen LogP contribution in [0.4, 0.5) is 0 Å². The maximum atomic E-state index is 9.83. The number of benzene rings is 3. The summed E-state index contributed by atoms with van der Waals surface area (Å²) in [6.07, 6.45) is 0.740. The Kier molecular flexibility index (Phi) is 7.53. The molecule has 0 bridgehead atoms. The number of alkyl halides is 1. The van der Waals surface area contributed by atoms with Crippen molar-refractivity contribution >= 4 is 31.1 Å². The Morgan fingerprint density at radius 2 is 1.34 bits per heavy atom. The smallest absolute Gasteiger partial charge is 0.250 e. The Hall–Kier alpha value is -2.49. The largest absolute Gasteiger partial charge is 0.544 e. The highest BCUT2D eigenvalue weighted by Crippen LogP contribution is 2.39. The molecule has 0 saturated carbocycles. The lowest BCUT2D eigenvalue weighted by atomic mass is 9.88. The van der Waals surface area contributed by atoms with Crippen molar-refractivity contribution in [3.05, 3.63) is 95.6 Å². The molecule has 0 aromatic heterocycles. The summed E-state index contributed by atoms with van der Waals surface area (Å²) in [7, 11) is -1.90. The van der Waals surface area contributed by atoms with E-state index in [9.17, 15) is 5.11 Å². The first-order valence-electron chi connectivity index (χ1n) is 11.1. The second kappa shape index (κ2) is 9.97. The second-order valence-electron chi connectivity index (χ2n) is 9.59. The summed E-state index contributed by atoms with van der Waals surface area (Å²) in [5, 5.41) is 9.97. The highest BCUT2D eigenvalue weighted by atomic mass is 35.5. The number of rotatable bonds is 7. The molecular formula is C28H33ClO2Si. The summed E-state index contributed by atoms with van der Waals surface area (Å²) in [4.78, 5) is 0. The minimum atomic E-state index is -1.90. The number of hydrogen-bond donors (Lipinski definition) is 1. The Morgan fingerprint density at radius 3 is 1.84 bits per heavy atom. The lowest BCUT2D eigenvalue weighted by molar-refractivity contribution is 0.475. The number of phenolic OH excluding ortho intramolecular Hbond substituents is 1. The highest BCUT2D eigenvalue weighted by Gasteiger charge is 2.38. The Labute approximate surface area is 198 Å². The fraction of sp³-hybridized carbons (Fsp3) is 0.286. The molecule has 3 rings (SSSR count). The first kappa shape index (κ1) is 24.2. The molecule has 0 fully saturated rings. The molecule has 0 atom stereocenters. The number of aromatic hydroxyl groups is 1. The second-order valence-corrected chi connectivity index (χ2v) is 14.7. The zero-order chi connectivity index (χ0) is 23.4. The molecule has 168 valence electrons. The summed E-state index contributed by atoms with van der Waals surface area (Å²) in [6, 6.07) is 26.1. The Balaban J connectivity index is 2.11. The van der Waals surface area contributed by atoms with Crippen LogP contribution in [0.1, 0.15) is 43.9 Å². The minimum absolute atomic E-state index is 0.142. The van der Waals surface area contributed by atoms with E-state index in [1.54, 1.807) is 12.1 Å². The van der Waals surface area contributed by atoms with Crippen molar-refractivity contribution in [2.75, 3.05) is 5.88 Å². The predicted molar refractivity (Wildman–Crippen MR) is 140 cm³/mol. The SMILES string of the molecule is CC(C)(C)[Si](C)(C)Oc1ccc(/C(=C(\CCCl)c2ccccc2)c2ccc(O)cc2)cc1. The lowest BCUT2D eigenvalue weighted by Gasteiger charge is -2.36. The van der Waals surface area contributed by atoms with Gasteiger partial charge in [-0.05, 0) is 76.7 Å². The van der Waals surface area contributed by atoms with E-state index < -0.39 is 8.32 Å². The molecule has 4 heteroatoms. The predicted octanol–water partition coefficient (Wildman–Crippen LogP) is 8.36. The molecule has 2 nitrogen and oxygen atoms in total. The van der Waals surface area contributed by atoms with Gasteiger partial charge in [0.15, 0.2) is 0 Å². The maximum Gasteiger partial charge on any atom is 0.250 e. The first-order chi connectivity index (χ1) is 15.1. The topological polar surface area (TPSA) is 29.5 Å². The Morgan fingerprint density at radius 1 is 0.812 bits per heavy atom. The minimum Gasteiger partial charge on any atom is -0.544 e. The van der Waals surface area contributed by atoms with Crippen molar-refractivity contribution in [2.45, 2.75) is 45.3 Å². The van der Waals surface area contributed by atoms with Crippen molar-refractivity contribution in [1.29, 1.82) is 0 Å². The van der Waals surface area contributed by atoms with Crippen LogP contribution >= 0.6 is 11.6 Å². The van der Waals surface area contributed by atoms with Crippen molar-refractivity contribution in [3.63, 3.8) is 0 Å². The van der Waals surface area contributed by atoms with E-state index in [-0.39, 0.29) is 10.8 Å². The molecule has 32 heavy (non-hydrogen) atoms. The molecular weight excluding hydrogens is 432 g/mol. The van der Waals surface area contributed by atoms with Gasteiger partial charge in [0.05, 0.1) is 0 Å². The standard InChI is InChI=1S/C28H33ClO2Si/c1-28(2,3)32(4,5)31-25-17-13-23(14-18-25)27(22-11-15-24(30)16-12-22)26(19-20-29)21-9-7-6-8-10-21/h6-18,30H,19-20H2,1-5H3/b27-26+. The van der Waals surface area contributed by atoms with Gasteiger partial charge in [-0.1, -0.05) is 75.4 Å². The average molecular weight is 465 g/mol. The fourth-order valence-electron chi connectivity index (χ4n) is 3.43. The molecule has 3 aromatic rings. The van der Waals surface area contributed by atoms with Crippen LogP contribution in [0.15, 0.2) is 78.9 Å². The van der Waals surface area contributed by atoms with Gasteiger partial charge < -0.3 is 9.53 Å². The summed E-state index contributed by atoms with van der Waals surface area (Å²) in [6.45, 7) is 11.3. The van der Waals surface area contributed by atoms with Crippen LogP contribution in [-0.4, -0.2) is 19.3 Å².